The van der Waals surface area contributed by atoms with E-state index in [0.717, 1.165) is 22.2 Å². The second-order valence-electron chi connectivity index (χ2n) is 4.75. The average molecular weight is 361 g/mol. The van der Waals surface area contributed by atoms with Gasteiger partial charge >= 0.3 is 0 Å². The first-order valence-electron chi connectivity index (χ1n) is 6.79. The maximum absolute atomic E-state index is 12.3. The molecule has 0 bridgehead atoms. The first-order chi connectivity index (χ1) is 11.4. The van der Waals surface area contributed by atoms with Gasteiger partial charge in [-0.1, -0.05) is 66.5 Å². The molecular weight excluding hydrogens is 350 g/mol. The number of aliphatic carboxylic acids is 2. The maximum atomic E-state index is 12.3. The minimum atomic E-state index is -1.70. The van der Waals surface area contributed by atoms with Crippen LogP contribution < -0.4 is 10.2 Å². The minimum Gasteiger partial charge on any atom is -0.550 e. The molecule has 0 spiro atoms. The SMILES string of the molecule is O=C([O-])C[C@H](C(=O)[O-])N1C(=O)/C(=C/C=C/c2ccccc2)SC1=S. The van der Waals surface area contributed by atoms with Gasteiger partial charge in [0, 0.05) is 12.4 Å². The van der Waals surface area contributed by atoms with E-state index in [2.05, 4.69) is 0 Å². The molecule has 1 heterocycles. The second kappa shape index (κ2) is 7.89. The van der Waals surface area contributed by atoms with Gasteiger partial charge in [-0.3, -0.25) is 9.69 Å². The van der Waals surface area contributed by atoms with Gasteiger partial charge < -0.3 is 19.8 Å². The molecule has 0 aliphatic carbocycles. The summed E-state index contributed by atoms with van der Waals surface area (Å²) in [7, 11) is 0. The van der Waals surface area contributed by atoms with Crippen LogP contribution in [0.2, 0.25) is 0 Å². The maximum Gasteiger partial charge on any atom is 0.266 e. The molecule has 0 aromatic heterocycles. The lowest BCUT2D eigenvalue weighted by atomic mass is 10.2. The van der Waals surface area contributed by atoms with Gasteiger partial charge in [0.15, 0.2) is 0 Å². The zero-order valence-corrected chi connectivity index (χ0v) is 13.8. The topological polar surface area (TPSA) is 101 Å². The Morgan fingerprint density at radius 2 is 1.92 bits per heavy atom. The number of hydrogen-bond donors (Lipinski definition) is 0. The Hall–Kier alpha value is -2.45. The highest BCUT2D eigenvalue weighted by molar-refractivity contribution is 8.26. The van der Waals surface area contributed by atoms with Crippen molar-refractivity contribution in [1.82, 2.24) is 4.90 Å². The lowest BCUT2D eigenvalue weighted by Crippen LogP contribution is -2.52. The fourth-order valence-corrected chi connectivity index (χ4v) is 3.32. The highest BCUT2D eigenvalue weighted by Gasteiger charge is 2.37. The Balaban J connectivity index is 2.18. The molecule has 6 nitrogen and oxygen atoms in total. The first-order valence-corrected chi connectivity index (χ1v) is 8.02. The van der Waals surface area contributed by atoms with Crippen molar-refractivity contribution in [2.24, 2.45) is 0 Å². The van der Waals surface area contributed by atoms with Crippen molar-refractivity contribution in [3.63, 3.8) is 0 Å². The van der Waals surface area contributed by atoms with Crippen LogP contribution in [0, 0.1) is 0 Å². The highest BCUT2D eigenvalue weighted by atomic mass is 32.2. The van der Waals surface area contributed by atoms with Crippen molar-refractivity contribution in [2.75, 3.05) is 0 Å². The van der Waals surface area contributed by atoms with Crippen molar-refractivity contribution < 1.29 is 24.6 Å². The van der Waals surface area contributed by atoms with E-state index in [1.54, 1.807) is 12.2 Å². The summed E-state index contributed by atoms with van der Waals surface area (Å²) < 4.78 is -0.0326. The summed E-state index contributed by atoms with van der Waals surface area (Å²) in [5, 5.41) is 21.8. The largest absolute Gasteiger partial charge is 0.550 e. The van der Waals surface area contributed by atoms with Crippen LogP contribution in [0.4, 0.5) is 0 Å². The van der Waals surface area contributed by atoms with Crippen molar-refractivity contribution in [2.45, 2.75) is 12.5 Å². The van der Waals surface area contributed by atoms with Crippen LogP contribution in [0.3, 0.4) is 0 Å². The van der Waals surface area contributed by atoms with Crippen molar-refractivity contribution in [1.29, 1.82) is 0 Å². The summed E-state index contributed by atoms with van der Waals surface area (Å²) in [6.45, 7) is 0. The van der Waals surface area contributed by atoms with Gasteiger partial charge in [0.1, 0.15) is 4.32 Å². The van der Waals surface area contributed by atoms with E-state index in [9.17, 15) is 24.6 Å². The molecule has 24 heavy (non-hydrogen) atoms. The molecule has 124 valence electrons. The molecule has 1 atom stereocenters. The monoisotopic (exact) mass is 361 g/mol. The van der Waals surface area contributed by atoms with E-state index < -0.39 is 30.3 Å². The van der Waals surface area contributed by atoms with Gasteiger partial charge in [-0.25, -0.2) is 0 Å². The molecule has 1 fully saturated rings. The zero-order chi connectivity index (χ0) is 17.7. The molecule has 1 saturated heterocycles. The molecular formula is C16H11NO5S2-2. The molecule has 1 aliphatic rings. The number of carbonyl (C=O) groups is 3. The molecule has 0 N–H and O–H groups in total. The first kappa shape index (κ1) is 17.9. The predicted molar refractivity (Wildman–Crippen MR) is 89.0 cm³/mol. The number of nitrogens with zero attached hydrogens (tertiary/aromatic N) is 1. The third kappa shape index (κ3) is 4.30. The van der Waals surface area contributed by atoms with Gasteiger partial charge in [0.25, 0.3) is 5.91 Å². The molecule has 1 aromatic carbocycles. The van der Waals surface area contributed by atoms with E-state index in [-0.39, 0.29) is 9.23 Å². The molecule has 0 radical (unpaired) electrons. The van der Waals surface area contributed by atoms with Crippen LogP contribution in [-0.2, 0) is 14.4 Å². The molecule has 0 saturated carbocycles. The standard InChI is InChI=1S/C16H13NO5S2/c18-13(19)9-11(15(21)22)17-14(20)12(24-16(17)23)8-4-7-10-5-2-1-3-6-10/h1-8,11H,9H2,(H,18,19)(H,21,22)/p-2/b7-4+,12-8-/t11-/m1/s1. The number of thiocarbonyl (C=S) groups is 1. The number of amides is 1. The second-order valence-corrected chi connectivity index (χ2v) is 6.43. The average Bonchev–Trinajstić information content (AvgIpc) is 2.80. The molecule has 1 aliphatic heterocycles. The van der Waals surface area contributed by atoms with Gasteiger partial charge in [-0.2, -0.15) is 0 Å². The van der Waals surface area contributed by atoms with Crippen LogP contribution in [-0.4, -0.2) is 33.1 Å². The van der Waals surface area contributed by atoms with Gasteiger partial charge in [0.05, 0.1) is 16.9 Å². The van der Waals surface area contributed by atoms with Gasteiger partial charge in [-0.05, 0) is 11.6 Å². The fraction of sp³-hybridized carbons (Fsp3) is 0.125. The summed E-state index contributed by atoms with van der Waals surface area (Å²) in [4.78, 5) is 35.0. The Morgan fingerprint density at radius 3 is 2.50 bits per heavy atom. The highest BCUT2D eigenvalue weighted by Crippen LogP contribution is 2.33. The lowest BCUT2D eigenvalue weighted by Gasteiger charge is -2.27. The third-order valence-corrected chi connectivity index (χ3v) is 4.45. The van der Waals surface area contributed by atoms with Crippen molar-refractivity contribution in [3.05, 3.63) is 53.0 Å². The Labute approximate surface area is 147 Å². The Morgan fingerprint density at radius 1 is 1.25 bits per heavy atom. The lowest BCUT2D eigenvalue weighted by molar-refractivity contribution is -0.319. The van der Waals surface area contributed by atoms with Gasteiger partial charge in [0.2, 0.25) is 0 Å². The zero-order valence-electron chi connectivity index (χ0n) is 12.2. The van der Waals surface area contributed by atoms with E-state index >= 15 is 0 Å². The van der Waals surface area contributed by atoms with Crippen LogP contribution >= 0.6 is 24.0 Å². The van der Waals surface area contributed by atoms with Crippen molar-refractivity contribution in [3.8, 4) is 0 Å². The van der Waals surface area contributed by atoms with E-state index in [0.29, 0.717) is 0 Å². The Kier molecular flexibility index (Phi) is 5.88. The Bertz CT molecular complexity index is 742. The van der Waals surface area contributed by atoms with Crippen LogP contribution in [0.1, 0.15) is 12.0 Å². The number of carbonyl (C=O) groups excluding carboxylic acids is 3. The number of carboxylic acid groups (broad SMARTS) is 2. The summed E-state index contributed by atoms with van der Waals surface area (Å²) in [6, 6.07) is 7.67. The fourth-order valence-electron chi connectivity index (χ4n) is 2.01. The normalized spacial score (nSPS) is 17.7. The van der Waals surface area contributed by atoms with E-state index in [1.807, 2.05) is 30.3 Å². The molecule has 8 heteroatoms. The smallest absolute Gasteiger partial charge is 0.266 e. The number of allylic oxidation sites excluding steroid dienone is 2. The van der Waals surface area contributed by atoms with Crippen LogP contribution in [0.5, 0.6) is 0 Å². The molecule has 1 amide bonds. The predicted octanol–water partition coefficient (Wildman–Crippen LogP) is -0.297. The number of carboxylic acids is 2. The van der Waals surface area contributed by atoms with E-state index in [1.165, 1.54) is 6.08 Å². The number of rotatable bonds is 6. The molecule has 1 aromatic rings. The van der Waals surface area contributed by atoms with Crippen molar-refractivity contribution >= 4 is 52.2 Å². The summed E-state index contributed by atoms with van der Waals surface area (Å²) in [5.74, 6) is -3.97. The number of benzene rings is 1. The van der Waals surface area contributed by atoms with E-state index in [4.69, 9.17) is 12.2 Å². The molecule has 2 rings (SSSR count). The summed E-state index contributed by atoms with van der Waals surface area (Å²) in [6.07, 6.45) is 4.01. The third-order valence-electron chi connectivity index (χ3n) is 3.10. The molecule has 0 unspecified atom stereocenters. The van der Waals surface area contributed by atoms with Crippen LogP contribution in [0.15, 0.2) is 47.4 Å². The number of hydrogen-bond acceptors (Lipinski definition) is 7. The van der Waals surface area contributed by atoms with Crippen LogP contribution in [0.25, 0.3) is 6.08 Å². The van der Waals surface area contributed by atoms with Gasteiger partial charge in [-0.15, -0.1) is 0 Å². The number of thioether (sulfide) groups is 1. The summed E-state index contributed by atoms with van der Waals surface area (Å²) >= 11 is 5.89. The summed E-state index contributed by atoms with van der Waals surface area (Å²) in [5.41, 5.74) is 0.925. The quantitative estimate of drug-likeness (QED) is 0.507. The minimum absolute atomic E-state index is 0.0326.